The van der Waals surface area contributed by atoms with Gasteiger partial charge in [-0.25, -0.2) is 8.42 Å². The molecule has 4 nitrogen and oxygen atoms in total. The standard InChI is InChI=1S/C10H15NO3S/c1-3-6-11(10(12)4-2)9-5-7-15(13,14)8-9/h1,9H,4-8H2,2H3. The van der Waals surface area contributed by atoms with E-state index in [0.717, 1.165) is 0 Å². The Morgan fingerprint density at radius 3 is 2.67 bits per heavy atom. The van der Waals surface area contributed by atoms with Crippen LogP contribution in [0.3, 0.4) is 0 Å². The summed E-state index contributed by atoms with van der Waals surface area (Å²) < 4.78 is 22.5. The van der Waals surface area contributed by atoms with Gasteiger partial charge in [-0.1, -0.05) is 12.8 Å². The Morgan fingerprint density at radius 2 is 2.27 bits per heavy atom. The monoisotopic (exact) mass is 229 g/mol. The van der Waals surface area contributed by atoms with E-state index >= 15 is 0 Å². The summed E-state index contributed by atoms with van der Waals surface area (Å²) in [6.45, 7) is 1.95. The molecule has 0 spiro atoms. The van der Waals surface area contributed by atoms with Crippen molar-refractivity contribution in [3.63, 3.8) is 0 Å². The number of amides is 1. The summed E-state index contributed by atoms with van der Waals surface area (Å²) in [6, 6.07) is -0.224. The van der Waals surface area contributed by atoms with Crippen molar-refractivity contribution >= 4 is 15.7 Å². The minimum Gasteiger partial charge on any atom is -0.328 e. The van der Waals surface area contributed by atoms with Gasteiger partial charge in [0, 0.05) is 12.5 Å². The lowest BCUT2D eigenvalue weighted by molar-refractivity contribution is -0.131. The number of nitrogens with zero attached hydrogens (tertiary/aromatic N) is 1. The van der Waals surface area contributed by atoms with Gasteiger partial charge in [-0.3, -0.25) is 4.79 Å². The average Bonchev–Trinajstić information content (AvgIpc) is 2.54. The van der Waals surface area contributed by atoms with Crippen LogP contribution >= 0.6 is 0 Å². The lowest BCUT2D eigenvalue weighted by Gasteiger charge is -2.25. The average molecular weight is 229 g/mol. The third kappa shape index (κ3) is 2.96. The second kappa shape index (κ2) is 4.67. The second-order valence-corrected chi connectivity index (χ2v) is 5.86. The van der Waals surface area contributed by atoms with Crippen LogP contribution in [-0.2, 0) is 14.6 Å². The van der Waals surface area contributed by atoms with E-state index in [1.807, 2.05) is 0 Å². The summed E-state index contributed by atoms with van der Waals surface area (Å²) in [6.07, 6.45) is 6.03. The quantitative estimate of drug-likeness (QED) is 0.642. The zero-order chi connectivity index (χ0) is 11.5. The van der Waals surface area contributed by atoms with Crippen LogP contribution in [0.5, 0.6) is 0 Å². The molecule has 0 bridgehead atoms. The first-order valence-electron chi connectivity index (χ1n) is 4.93. The molecule has 0 aromatic rings. The Bertz CT molecular complexity index is 380. The topological polar surface area (TPSA) is 54.5 Å². The minimum absolute atomic E-state index is 0.0560. The fraction of sp³-hybridized carbons (Fsp3) is 0.700. The molecule has 0 aromatic heterocycles. The van der Waals surface area contributed by atoms with Gasteiger partial charge < -0.3 is 4.90 Å². The molecule has 0 radical (unpaired) electrons. The van der Waals surface area contributed by atoms with Crippen LogP contribution in [0, 0.1) is 12.3 Å². The predicted octanol–water partition coefficient (Wildman–Crippen LogP) is 0.0453. The van der Waals surface area contributed by atoms with Crippen molar-refractivity contribution in [2.45, 2.75) is 25.8 Å². The molecule has 1 amide bonds. The van der Waals surface area contributed by atoms with Gasteiger partial charge in [0.25, 0.3) is 0 Å². The summed E-state index contributed by atoms with van der Waals surface area (Å²) in [5.41, 5.74) is 0. The van der Waals surface area contributed by atoms with Gasteiger partial charge in [0.2, 0.25) is 5.91 Å². The first kappa shape index (κ1) is 12.1. The highest BCUT2D eigenvalue weighted by atomic mass is 32.2. The fourth-order valence-corrected chi connectivity index (χ4v) is 3.47. The number of carbonyl (C=O) groups is 1. The van der Waals surface area contributed by atoms with Gasteiger partial charge in [-0.15, -0.1) is 6.42 Å². The SMILES string of the molecule is C#CCN(C(=O)CC)C1CCS(=O)(=O)C1. The molecule has 1 saturated heterocycles. The summed E-state index contributed by atoms with van der Waals surface area (Å²) in [5, 5.41) is 0. The minimum atomic E-state index is -2.96. The highest BCUT2D eigenvalue weighted by Gasteiger charge is 2.33. The lowest BCUT2D eigenvalue weighted by atomic mass is 10.2. The van der Waals surface area contributed by atoms with Gasteiger partial charge in [0.1, 0.15) is 0 Å². The Balaban J connectivity index is 2.75. The number of carbonyl (C=O) groups excluding carboxylic acids is 1. The van der Waals surface area contributed by atoms with E-state index in [1.165, 1.54) is 4.90 Å². The molecule has 1 fully saturated rings. The van der Waals surface area contributed by atoms with E-state index < -0.39 is 9.84 Å². The third-order valence-corrected chi connectivity index (χ3v) is 4.28. The van der Waals surface area contributed by atoms with Gasteiger partial charge in [-0.2, -0.15) is 0 Å². The second-order valence-electron chi connectivity index (χ2n) is 3.64. The number of sulfone groups is 1. The van der Waals surface area contributed by atoms with Crippen LogP contribution in [0.1, 0.15) is 19.8 Å². The Labute approximate surface area is 90.6 Å². The maximum absolute atomic E-state index is 11.5. The predicted molar refractivity (Wildman–Crippen MR) is 57.9 cm³/mol. The zero-order valence-corrected chi connectivity index (χ0v) is 9.59. The van der Waals surface area contributed by atoms with Crippen molar-refractivity contribution in [3.8, 4) is 12.3 Å². The van der Waals surface area contributed by atoms with E-state index in [0.29, 0.717) is 12.8 Å². The first-order chi connectivity index (χ1) is 7.00. The van der Waals surface area contributed by atoms with Gasteiger partial charge in [0.05, 0.1) is 18.1 Å². The van der Waals surface area contributed by atoms with Crippen molar-refractivity contribution in [3.05, 3.63) is 0 Å². The van der Waals surface area contributed by atoms with Crippen molar-refractivity contribution in [1.82, 2.24) is 4.90 Å². The zero-order valence-electron chi connectivity index (χ0n) is 8.77. The highest BCUT2D eigenvalue weighted by molar-refractivity contribution is 7.91. The molecule has 0 N–H and O–H groups in total. The molecule has 1 atom stereocenters. The Kier molecular flexibility index (Phi) is 3.75. The molecule has 1 heterocycles. The number of hydrogen-bond donors (Lipinski definition) is 0. The molecule has 0 aromatic carbocycles. The van der Waals surface area contributed by atoms with Crippen molar-refractivity contribution in [2.75, 3.05) is 18.1 Å². The molecule has 1 aliphatic rings. The van der Waals surface area contributed by atoms with Crippen molar-refractivity contribution in [1.29, 1.82) is 0 Å². The molecule has 1 unspecified atom stereocenters. The van der Waals surface area contributed by atoms with Gasteiger partial charge in [0.15, 0.2) is 9.84 Å². The third-order valence-electron chi connectivity index (χ3n) is 2.53. The first-order valence-corrected chi connectivity index (χ1v) is 6.75. The normalized spacial score (nSPS) is 23.3. The van der Waals surface area contributed by atoms with E-state index in [4.69, 9.17) is 6.42 Å². The van der Waals surface area contributed by atoms with Crippen LogP contribution in [-0.4, -0.2) is 43.3 Å². The summed E-state index contributed by atoms with van der Waals surface area (Å²) in [5.74, 6) is 2.54. The Morgan fingerprint density at radius 1 is 1.60 bits per heavy atom. The van der Waals surface area contributed by atoms with E-state index in [-0.39, 0.29) is 30.0 Å². The van der Waals surface area contributed by atoms with Crippen molar-refractivity contribution < 1.29 is 13.2 Å². The number of rotatable bonds is 3. The van der Waals surface area contributed by atoms with E-state index in [2.05, 4.69) is 5.92 Å². The fourth-order valence-electron chi connectivity index (χ4n) is 1.74. The maximum atomic E-state index is 11.5. The van der Waals surface area contributed by atoms with E-state index in [1.54, 1.807) is 6.92 Å². The van der Waals surface area contributed by atoms with Gasteiger partial charge >= 0.3 is 0 Å². The number of terminal acetylenes is 1. The van der Waals surface area contributed by atoms with Crippen LogP contribution in [0.15, 0.2) is 0 Å². The smallest absolute Gasteiger partial charge is 0.223 e. The molecule has 0 saturated carbocycles. The summed E-state index contributed by atoms with van der Waals surface area (Å²) >= 11 is 0. The molecule has 5 heteroatoms. The molecule has 1 aliphatic heterocycles. The summed E-state index contributed by atoms with van der Waals surface area (Å²) in [7, 11) is -2.96. The van der Waals surface area contributed by atoms with Crippen LogP contribution in [0.2, 0.25) is 0 Å². The number of hydrogen-bond acceptors (Lipinski definition) is 3. The largest absolute Gasteiger partial charge is 0.328 e. The van der Waals surface area contributed by atoms with E-state index in [9.17, 15) is 13.2 Å². The van der Waals surface area contributed by atoms with Crippen LogP contribution in [0.25, 0.3) is 0 Å². The Hall–Kier alpha value is -1.02. The highest BCUT2D eigenvalue weighted by Crippen LogP contribution is 2.18. The maximum Gasteiger partial charge on any atom is 0.223 e. The van der Waals surface area contributed by atoms with Crippen molar-refractivity contribution in [2.24, 2.45) is 0 Å². The van der Waals surface area contributed by atoms with Crippen LogP contribution < -0.4 is 0 Å². The molecular formula is C10H15NO3S. The molecular weight excluding hydrogens is 214 g/mol. The summed E-state index contributed by atoms with van der Waals surface area (Å²) in [4.78, 5) is 13.0. The molecule has 84 valence electrons. The molecule has 0 aliphatic carbocycles. The lowest BCUT2D eigenvalue weighted by Crippen LogP contribution is -2.41. The van der Waals surface area contributed by atoms with Gasteiger partial charge in [-0.05, 0) is 6.42 Å². The molecule has 15 heavy (non-hydrogen) atoms. The van der Waals surface area contributed by atoms with Crippen LogP contribution in [0.4, 0.5) is 0 Å². The molecule has 1 rings (SSSR count).